The smallest absolute Gasteiger partial charge is 0.337 e. The first kappa shape index (κ1) is 12.3. The summed E-state index contributed by atoms with van der Waals surface area (Å²) in [4.78, 5) is 10.7. The van der Waals surface area contributed by atoms with Crippen molar-refractivity contribution in [3.8, 4) is 0 Å². The minimum atomic E-state index is -0.903. The number of hydrogen-bond acceptors (Lipinski definition) is 2. The van der Waals surface area contributed by atoms with Crippen LogP contribution in [0.15, 0.2) is 16.9 Å². The van der Waals surface area contributed by atoms with Gasteiger partial charge in [0.15, 0.2) is 0 Å². The van der Waals surface area contributed by atoms with E-state index < -0.39 is 5.97 Å². The molecule has 0 radical (unpaired) electrons. The zero-order chi connectivity index (χ0) is 11.3. The summed E-state index contributed by atoms with van der Waals surface area (Å²) in [5, 5.41) is 8.77. The van der Waals surface area contributed by atoms with Gasteiger partial charge in [-0.3, -0.25) is 0 Å². The Balaban J connectivity index is 2.50. The van der Waals surface area contributed by atoms with E-state index in [0.29, 0.717) is 18.8 Å². The van der Waals surface area contributed by atoms with Crippen molar-refractivity contribution in [2.75, 3.05) is 13.2 Å². The van der Waals surface area contributed by atoms with Gasteiger partial charge in [0.2, 0.25) is 0 Å². The first-order valence-corrected chi connectivity index (χ1v) is 5.61. The first-order valence-electron chi connectivity index (χ1n) is 4.82. The predicted molar refractivity (Wildman–Crippen MR) is 60.2 cm³/mol. The fraction of sp³-hybridized carbons (Fsp3) is 0.500. The Morgan fingerprint density at radius 3 is 2.93 bits per heavy atom. The highest BCUT2D eigenvalue weighted by atomic mass is 79.9. The van der Waals surface area contributed by atoms with E-state index in [0.717, 1.165) is 17.6 Å². The van der Waals surface area contributed by atoms with Gasteiger partial charge in [-0.25, -0.2) is 4.79 Å². The van der Waals surface area contributed by atoms with E-state index in [1.165, 1.54) is 0 Å². The van der Waals surface area contributed by atoms with Gasteiger partial charge in [0.1, 0.15) is 0 Å². The zero-order valence-electron chi connectivity index (χ0n) is 8.57. The molecule has 15 heavy (non-hydrogen) atoms. The highest BCUT2D eigenvalue weighted by molar-refractivity contribution is 9.10. The average Bonchev–Trinajstić information content (AvgIpc) is 2.55. The molecule has 0 unspecified atom stereocenters. The second-order valence-electron chi connectivity index (χ2n) is 3.10. The van der Waals surface area contributed by atoms with E-state index in [1.54, 1.807) is 12.3 Å². The maximum atomic E-state index is 10.7. The molecule has 0 aliphatic carbocycles. The summed E-state index contributed by atoms with van der Waals surface area (Å²) in [6.45, 7) is 4.12. The van der Waals surface area contributed by atoms with E-state index in [1.807, 2.05) is 11.5 Å². The third-order valence-corrected chi connectivity index (χ3v) is 2.67. The number of carboxylic acid groups (broad SMARTS) is 1. The van der Waals surface area contributed by atoms with Crippen LogP contribution in [0.25, 0.3) is 0 Å². The second-order valence-corrected chi connectivity index (χ2v) is 3.91. The lowest BCUT2D eigenvalue weighted by Crippen LogP contribution is -2.02. The topological polar surface area (TPSA) is 51.5 Å². The number of halogens is 1. The lowest BCUT2D eigenvalue weighted by atomic mass is 10.3. The molecule has 1 aromatic rings. The molecule has 0 fully saturated rings. The van der Waals surface area contributed by atoms with Crippen molar-refractivity contribution in [2.45, 2.75) is 19.9 Å². The van der Waals surface area contributed by atoms with Crippen molar-refractivity contribution < 1.29 is 14.6 Å². The summed E-state index contributed by atoms with van der Waals surface area (Å²) in [5.74, 6) is -0.903. The molecule has 1 heterocycles. The quantitative estimate of drug-likeness (QED) is 0.811. The molecule has 0 aromatic carbocycles. The molecular weight excluding hydrogens is 262 g/mol. The van der Waals surface area contributed by atoms with Gasteiger partial charge in [0, 0.05) is 26.0 Å². The standard InChI is InChI=1S/C10H14BrNO3/c1-2-15-5-3-4-12-7-8(10(13)14)6-9(12)11/h6-7H,2-5H2,1H3,(H,13,14). The molecule has 1 rings (SSSR count). The van der Waals surface area contributed by atoms with Crippen LogP contribution in [0.4, 0.5) is 0 Å². The predicted octanol–water partition coefficient (Wildman–Crippen LogP) is 2.38. The maximum absolute atomic E-state index is 10.7. The van der Waals surface area contributed by atoms with Crippen LogP contribution in [0.1, 0.15) is 23.7 Å². The molecule has 4 nitrogen and oxygen atoms in total. The largest absolute Gasteiger partial charge is 0.478 e. The number of aromatic nitrogens is 1. The molecule has 0 aliphatic heterocycles. The van der Waals surface area contributed by atoms with Crippen LogP contribution in [-0.4, -0.2) is 28.9 Å². The molecule has 0 saturated heterocycles. The van der Waals surface area contributed by atoms with E-state index >= 15 is 0 Å². The normalized spacial score (nSPS) is 10.5. The minimum Gasteiger partial charge on any atom is -0.478 e. The number of aryl methyl sites for hydroxylation is 1. The summed E-state index contributed by atoms with van der Waals surface area (Å²) >= 11 is 3.31. The minimum absolute atomic E-state index is 0.304. The van der Waals surface area contributed by atoms with Gasteiger partial charge in [-0.2, -0.15) is 0 Å². The molecule has 0 amide bonds. The van der Waals surface area contributed by atoms with Gasteiger partial charge in [-0.05, 0) is 35.3 Å². The number of carbonyl (C=O) groups is 1. The van der Waals surface area contributed by atoms with Crippen LogP contribution in [0.3, 0.4) is 0 Å². The molecule has 5 heteroatoms. The molecule has 0 bridgehead atoms. The van der Waals surface area contributed by atoms with Crippen molar-refractivity contribution in [3.63, 3.8) is 0 Å². The summed E-state index contributed by atoms with van der Waals surface area (Å²) in [6, 6.07) is 1.60. The monoisotopic (exact) mass is 275 g/mol. The van der Waals surface area contributed by atoms with Crippen LogP contribution >= 0.6 is 15.9 Å². The van der Waals surface area contributed by atoms with E-state index in [4.69, 9.17) is 9.84 Å². The highest BCUT2D eigenvalue weighted by Crippen LogP contribution is 2.15. The summed E-state index contributed by atoms with van der Waals surface area (Å²) in [5.41, 5.74) is 0.304. The number of nitrogens with zero attached hydrogens (tertiary/aromatic N) is 1. The van der Waals surface area contributed by atoms with Gasteiger partial charge in [-0.1, -0.05) is 0 Å². The number of carboxylic acids is 1. The third kappa shape index (κ3) is 3.68. The lowest BCUT2D eigenvalue weighted by Gasteiger charge is -2.04. The Kier molecular flexibility index (Phi) is 4.84. The molecule has 0 atom stereocenters. The zero-order valence-corrected chi connectivity index (χ0v) is 10.2. The van der Waals surface area contributed by atoms with Gasteiger partial charge >= 0.3 is 5.97 Å². The van der Waals surface area contributed by atoms with E-state index in [9.17, 15) is 4.79 Å². The number of rotatable bonds is 6. The van der Waals surface area contributed by atoms with Crippen LogP contribution in [0.2, 0.25) is 0 Å². The SMILES string of the molecule is CCOCCCn1cc(C(=O)O)cc1Br. The fourth-order valence-electron chi connectivity index (χ4n) is 1.25. The lowest BCUT2D eigenvalue weighted by molar-refractivity contribution is 0.0697. The Hall–Kier alpha value is -0.810. The fourth-order valence-corrected chi connectivity index (χ4v) is 1.77. The van der Waals surface area contributed by atoms with Gasteiger partial charge in [0.25, 0.3) is 0 Å². The van der Waals surface area contributed by atoms with E-state index in [-0.39, 0.29) is 0 Å². The van der Waals surface area contributed by atoms with Gasteiger partial charge in [0.05, 0.1) is 10.2 Å². The van der Waals surface area contributed by atoms with Gasteiger partial charge < -0.3 is 14.4 Å². The van der Waals surface area contributed by atoms with Crippen LogP contribution in [0.5, 0.6) is 0 Å². The summed E-state index contributed by atoms with van der Waals surface area (Å²) < 4.78 is 7.86. The average molecular weight is 276 g/mol. The van der Waals surface area contributed by atoms with Gasteiger partial charge in [-0.15, -0.1) is 0 Å². The number of ether oxygens (including phenoxy) is 1. The highest BCUT2D eigenvalue weighted by Gasteiger charge is 2.08. The van der Waals surface area contributed by atoms with Crippen molar-refractivity contribution in [1.82, 2.24) is 4.57 Å². The Morgan fingerprint density at radius 2 is 2.40 bits per heavy atom. The molecule has 0 aliphatic rings. The van der Waals surface area contributed by atoms with E-state index in [2.05, 4.69) is 15.9 Å². The molecule has 1 aromatic heterocycles. The van der Waals surface area contributed by atoms with Crippen molar-refractivity contribution in [3.05, 3.63) is 22.4 Å². The Morgan fingerprint density at radius 1 is 1.67 bits per heavy atom. The number of hydrogen-bond donors (Lipinski definition) is 1. The maximum Gasteiger partial charge on any atom is 0.337 e. The molecule has 84 valence electrons. The van der Waals surface area contributed by atoms with Crippen molar-refractivity contribution in [2.24, 2.45) is 0 Å². The Bertz CT molecular complexity index is 335. The third-order valence-electron chi connectivity index (χ3n) is 1.98. The molecule has 0 spiro atoms. The van der Waals surface area contributed by atoms with Crippen LogP contribution in [-0.2, 0) is 11.3 Å². The van der Waals surface area contributed by atoms with Crippen molar-refractivity contribution in [1.29, 1.82) is 0 Å². The van der Waals surface area contributed by atoms with Crippen molar-refractivity contribution >= 4 is 21.9 Å². The number of aromatic carboxylic acids is 1. The summed E-state index contributed by atoms with van der Waals surface area (Å²) in [7, 11) is 0. The molecule has 0 saturated carbocycles. The Labute approximate surface area is 97.0 Å². The second kappa shape index (κ2) is 5.92. The molecule has 1 N–H and O–H groups in total. The first-order chi connectivity index (χ1) is 7.15. The van der Waals surface area contributed by atoms with Crippen LogP contribution < -0.4 is 0 Å². The molecular formula is C10H14BrNO3. The van der Waals surface area contributed by atoms with Crippen LogP contribution in [0, 0.1) is 0 Å². The summed E-state index contributed by atoms with van der Waals surface area (Å²) in [6.07, 6.45) is 2.50.